The number of nitrogens with zero attached hydrogens (tertiary/aromatic N) is 7. The molecule has 0 aliphatic rings. The van der Waals surface area contributed by atoms with E-state index < -0.39 is 23.7 Å². The molecule has 3 amide bonds. The molecule has 0 spiro atoms. The van der Waals surface area contributed by atoms with Crippen molar-refractivity contribution in [2.24, 2.45) is 28.2 Å². The first kappa shape index (κ1) is 23.9. The van der Waals surface area contributed by atoms with E-state index in [-0.39, 0.29) is 40.5 Å². The monoisotopic (exact) mass is 494 g/mol. The summed E-state index contributed by atoms with van der Waals surface area (Å²) in [5.74, 6) is -2.43. The number of hydrogen-bond acceptors (Lipinski definition) is 7. The smallest absolute Gasteiger partial charge is 0.352 e. The van der Waals surface area contributed by atoms with Crippen LogP contribution in [0.4, 0.5) is 17.3 Å². The minimum absolute atomic E-state index is 0.00337. The summed E-state index contributed by atoms with van der Waals surface area (Å²) in [6, 6.07) is 1.32. The van der Waals surface area contributed by atoms with Gasteiger partial charge in [0, 0.05) is 59.2 Å². The Labute approximate surface area is 203 Å². The summed E-state index contributed by atoms with van der Waals surface area (Å²) in [5, 5.41) is 16.9. The molecule has 0 atom stereocenters. The fourth-order valence-electron chi connectivity index (χ4n) is 3.44. The molecule has 186 valence electrons. The summed E-state index contributed by atoms with van der Waals surface area (Å²) < 4.78 is 5.74. The van der Waals surface area contributed by atoms with Crippen molar-refractivity contribution >= 4 is 41.0 Å². The average Bonchev–Trinajstić information content (AvgIpc) is 3.55. The average molecular weight is 494 g/mol. The van der Waals surface area contributed by atoms with Crippen LogP contribution in [0.15, 0.2) is 37.1 Å². The van der Waals surface area contributed by atoms with Crippen molar-refractivity contribution in [3.63, 3.8) is 0 Å². The van der Waals surface area contributed by atoms with Crippen LogP contribution in [0.2, 0.25) is 0 Å². The van der Waals surface area contributed by atoms with Crippen LogP contribution in [0.1, 0.15) is 42.3 Å². The highest BCUT2D eigenvalue weighted by Crippen LogP contribution is 2.16. The summed E-state index contributed by atoms with van der Waals surface area (Å²) >= 11 is 0. The number of carboxylic acid groups (broad SMARTS) is 1. The van der Waals surface area contributed by atoms with Crippen molar-refractivity contribution in [2.75, 3.05) is 16.0 Å². The predicted molar refractivity (Wildman–Crippen MR) is 126 cm³/mol. The zero-order valence-corrected chi connectivity index (χ0v) is 19.7. The first-order valence-electron chi connectivity index (χ1n) is 10.4. The van der Waals surface area contributed by atoms with Gasteiger partial charge in [-0.05, 0) is 6.07 Å². The number of rotatable bonds is 7. The number of aromatic nitrogens is 7. The first-order valence-corrected chi connectivity index (χ1v) is 10.4. The molecule has 0 saturated heterocycles. The number of carboxylic acids is 1. The van der Waals surface area contributed by atoms with E-state index in [1.54, 1.807) is 39.0 Å². The van der Waals surface area contributed by atoms with Gasteiger partial charge < -0.3 is 39.3 Å². The minimum atomic E-state index is -1.13. The molecule has 4 aromatic rings. The summed E-state index contributed by atoms with van der Waals surface area (Å²) in [7, 11) is 6.37. The van der Waals surface area contributed by atoms with Crippen molar-refractivity contribution in [2.45, 2.75) is 0 Å². The molecule has 4 N–H and O–H groups in total. The summed E-state index contributed by atoms with van der Waals surface area (Å²) in [4.78, 5) is 61.2. The summed E-state index contributed by atoms with van der Waals surface area (Å²) in [6.07, 6.45) is 7.48. The highest BCUT2D eigenvalue weighted by Gasteiger charge is 2.21. The SMILES string of the molecule is Cn1cc(NC(=O)c2nc(NC(=O)c3nc(NC(=O)c4nccn4C)cn3C)cn2C)cc1C(=O)O. The Morgan fingerprint density at radius 1 is 0.722 bits per heavy atom. The van der Waals surface area contributed by atoms with E-state index >= 15 is 0 Å². The number of anilines is 3. The van der Waals surface area contributed by atoms with E-state index in [2.05, 4.69) is 30.9 Å². The van der Waals surface area contributed by atoms with Gasteiger partial charge in [0.25, 0.3) is 17.7 Å². The highest BCUT2D eigenvalue weighted by atomic mass is 16.4. The summed E-state index contributed by atoms with van der Waals surface area (Å²) in [5.41, 5.74) is 0.283. The van der Waals surface area contributed by atoms with E-state index in [9.17, 15) is 19.2 Å². The zero-order valence-electron chi connectivity index (χ0n) is 19.7. The predicted octanol–water partition coefficient (Wildman–Crippen LogP) is 0.681. The number of amides is 3. The van der Waals surface area contributed by atoms with Gasteiger partial charge in [-0.2, -0.15) is 0 Å². The standard InChI is InChI=1S/C21H22N10O5/c1-28-6-5-22-15(28)18(32)26-13-9-31(4)17(25-13)20(34)27-14-10-30(3)16(24-14)19(33)23-11-7-12(21(35)36)29(2)8-11/h5-10H,1-4H3,(H,23,33)(H,26,32)(H,27,34)(H,35,36). The maximum Gasteiger partial charge on any atom is 0.352 e. The van der Waals surface area contributed by atoms with Crippen molar-refractivity contribution < 1.29 is 24.3 Å². The lowest BCUT2D eigenvalue weighted by atomic mass is 10.4. The number of imidazole rings is 3. The second-order valence-electron chi connectivity index (χ2n) is 7.88. The molecule has 0 aromatic carbocycles. The van der Waals surface area contributed by atoms with Gasteiger partial charge in [-0.3, -0.25) is 14.4 Å². The van der Waals surface area contributed by atoms with Gasteiger partial charge in [0.15, 0.2) is 17.5 Å². The van der Waals surface area contributed by atoms with E-state index in [1.807, 2.05) is 0 Å². The van der Waals surface area contributed by atoms with Gasteiger partial charge >= 0.3 is 5.97 Å². The topological polar surface area (TPSA) is 183 Å². The molecule has 0 fully saturated rings. The number of nitrogens with one attached hydrogen (secondary N) is 3. The van der Waals surface area contributed by atoms with Crippen molar-refractivity contribution in [1.82, 2.24) is 33.2 Å². The van der Waals surface area contributed by atoms with Crippen LogP contribution in [0.3, 0.4) is 0 Å². The third-order valence-corrected chi connectivity index (χ3v) is 5.15. The normalized spacial score (nSPS) is 10.8. The first-order chi connectivity index (χ1) is 17.0. The summed E-state index contributed by atoms with van der Waals surface area (Å²) in [6.45, 7) is 0. The third-order valence-electron chi connectivity index (χ3n) is 5.15. The number of carbonyl (C=O) groups excluding carboxylic acids is 3. The van der Waals surface area contributed by atoms with Gasteiger partial charge in [-0.15, -0.1) is 0 Å². The van der Waals surface area contributed by atoms with E-state index in [0.29, 0.717) is 0 Å². The largest absolute Gasteiger partial charge is 0.477 e. The highest BCUT2D eigenvalue weighted by molar-refractivity contribution is 6.05. The van der Waals surface area contributed by atoms with Crippen LogP contribution < -0.4 is 16.0 Å². The van der Waals surface area contributed by atoms with E-state index in [1.165, 1.54) is 44.6 Å². The molecule has 0 aliphatic heterocycles. The van der Waals surface area contributed by atoms with E-state index in [4.69, 9.17) is 5.11 Å². The quantitative estimate of drug-likeness (QED) is 0.289. The molecule has 0 saturated carbocycles. The molecule has 4 heterocycles. The Kier molecular flexibility index (Phi) is 6.12. The van der Waals surface area contributed by atoms with E-state index in [0.717, 1.165) is 0 Å². The van der Waals surface area contributed by atoms with Crippen molar-refractivity contribution in [3.8, 4) is 0 Å². The molecule has 15 heteroatoms. The minimum Gasteiger partial charge on any atom is -0.477 e. The van der Waals surface area contributed by atoms with Crippen molar-refractivity contribution in [1.29, 1.82) is 0 Å². The fraction of sp³-hybridized carbons (Fsp3) is 0.190. The molecule has 0 aliphatic carbocycles. The Bertz CT molecular complexity index is 1500. The number of carbonyl (C=O) groups is 4. The van der Waals surface area contributed by atoms with Crippen LogP contribution >= 0.6 is 0 Å². The Hall–Kier alpha value is -5.21. The second-order valence-corrected chi connectivity index (χ2v) is 7.88. The number of hydrogen-bond donors (Lipinski definition) is 4. The third kappa shape index (κ3) is 4.70. The van der Waals surface area contributed by atoms with Crippen LogP contribution in [0, 0.1) is 0 Å². The molecular weight excluding hydrogens is 472 g/mol. The fourth-order valence-corrected chi connectivity index (χ4v) is 3.44. The Balaban J connectivity index is 1.44. The maximum absolute atomic E-state index is 12.8. The van der Waals surface area contributed by atoms with Gasteiger partial charge in [0.1, 0.15) is 5.69 Å². The molecule has 36 heavy (non-hydrogen) atoms. The second kappa shape index (κ2) is 9.21. The van der Waals surface area contributed by atoms with Gasteiger partial charge in [0.05, 0.1) is 5.69 Å². The molecule has 0 radical (unpaired) electrons. The van der Waals surface area contributed by atoms with Crippen molar-refractivity contribution in [3.05, 3.63) is 60.2 Å². The van der Waals surface area contributed by atoms with Crippen LogP contribution in [-0.4, -0.2) is 62.0 Å². The molecule has 4 rings (SSSR count). The lowest BCUT2D eigenvalue weighted by Crippen LogP contribution is -2.18. The maximum atomic E-state index is 12.8. The van der Waals surface area contributed by atoms with Gasteiger partial charge in [-0.1, -0.05) is 0 Å². The Morgan fingerprint density at radius 2 is 1.25 bits per heavy atom. The lowest BCUT2D eigenvalue weighted by molar-refractivity contribution is 0.0685. The van der Waals surface area contributed by atoms with Crippen LogP contribution in [0.5, 0.6) is 0 Å². The van der Waals surface area contributed by atoms with Crippen LogP contribution in [-0.2, 0) is 28.2 Å². The van der Waals surface area contributed by atoms with Gasteiger partial charge in [-0.25, -0.2) is 19.7 Å². The molecule has 15 nitrogen and oxygen atoms in total. The molecule has 0 unspecified atom stereocenters. The van der Waals surface area contributed by atoms with Gasteiger partial charge in [0.2, 0.25) is 11.6 Å². The number of aryl methyl sites for hydroxylation is 4. The number of aromatic carboxylic acids is 1. The lowest BCUT2D eigenvalue weighted by Gasteiger charge is -2.02. The zero-order chi connectivity index (χ0) is 26.1. The molecular formula is C21H22N10O5. The molecule has 4 aromatic heterocycles. The Morgan fingerprint density at radius 3 is 1.72 bits per heavy atom. The van der Waals surface area contributed by atoms with Crippen LogP contribution in [0.25, 0.3) is 0 Å². The molecule has 0 bridgehead atoms.